The maximum atomic E-state index is 13.2. The summed E-state index contributed by atoms with van der Waals surface area (Å²) in [4.78, 5) is 16.5. The summed E-state index contributed by atoms with van der Waals surface area (Å²) in [5, 5.41) is 10.9. The van der Waals surface area contributed by atoms with Gasteiger partial charge in [0.2, 0.25) is 0 Å². The summed E-state index contributed by atoms with van der Waals surface area (Å²) in [6.07, 6.45) is 7.69. The van der Waals surface area contributed by atoms with Crippen molar-refractivity contribution in [3.63, 3.8) is 0 Å². The molecule has 2 aromatic heterocycles. The van der Waals surface area contributed by atoms with Gasteiger partial charge < -0.3 is 4.98 Å². The second-order valence-electron chi connectivity index (χ2n) is 8.62. The van der Waals surface area contributed by atoms with Crippen LogP contribution < -0.4 is 0 Å². The second-order valence-corrected chi connectivity index (χ2v) is 9.92. The van der Waals surface area contributed by atoms with Crippen molar-refractivity contribution in [3.8, 4) is 11.4 Å². The molecule has 0 radical (unpaired) electrons. The summed E-state index contributed by atoms with van der Waals surface area (Å²) in [5.41, 5.74) is 5.71. The number of nitrogens with zero attached hydrogens (tertiary/aromatic N) is 3. The number of rotatable bonds is 6. The number of nitrogens with one attached hydrogen (secondary N) is 1. The van der Waals surface area contributed by atoms with Gasteiger partial charge in [0.15, 0.2) is 16.8 Å². The Morgan fingerprint density at radius 3 is 2.84 bits per heavy atom. The second kappa shape index (κ2) is 7.38. The van der Waals surface area contributed by atoms with E-state index in [0.717, 1.165) is 58.7 Å². The molecular weight excluding hydrogens is 404 g/mol. The Morgan fingerprint density at radius 1 is 1.13 bits per heavy atom. The molecule has 0 bridgehead atoms. The van der Waals surface area contributed by atoms with Gasteiger partial charge in [-0.3, -0.25) is 9.36 Å². The molecule has 5 nitrogen and oxygen atoms in total. The Kier molecular flexibility index (Phi) is 4.49. The molecule has 6 heteroatoms. The van der Waals surface area contributed by atoms with Gasteiger partial charge in [0, 0.05) is 34.3 Å². The first kappa shape index (κ1) is 18.9. The van der Waals surface area contributed by atoms with Gasteiger partial charge in [-0.15, -0.1) is 10.2 Å². The van der Waals surface area contributed by atoms with E-state index in [1.165, 1.54) is 29.3 Å². The van der Waals surface area contributed by atoms with E-state index in [2.05, 4.69) is 44.0 Å². The van der Waals surface area contributed by atoms with Gasteiger partial charge in [0.25, 0.3) is 0 Å². The minimum Gasteiger partial charge on any atom is -0.360 e. The van der Waals surface area contributed by atoms with Gasteiger partial charge in [-0.1, -0.05) is 42.1 Å². The largest absolute Gasteiger partial charge is 0.360 e. The molecular formula is C25H24N4OS. The highest BCUT2D eigenvalue weighted by molar-refractivity contribution is 8.00. The molecule has 2 heterocycles. The molecule has 2 aliphatic carbocycles. The lowest BCUT2D eigenvalue weighted by Crippen LogP contribution is -2.15. The van der Waals surface area contributed by atoms with Crippen LogP contribution in [0.25, 0.3) is 22.3 Å². The maximum Gasteiger partial charge on any atom is 0.192 e. The summed E-state index contributed by atoms with van der Waals surface area (Å²) < 4.78 is 2.24. The predicted molar refractivity (Wildman–Crippen MR) is 124 cm³/mol. The Hall–Kier alpha value is -2.86. The van der Waals surface area contributed by atoms with Crippen molar-refractivity contribution < 1.29 is 4.79 Å². The molecule has 31 heavy (non-hydrogen) atoms. The maximum absolute atomic E-state index is 13.2. The number of H-pyrrole nitrogens is 1. The van der Waals surface area contributed by atoms with Crippen molar-refractivity contribution >= 4 is 28.4 Å². The quantitative estimate of drug-likeness (QED) is 0.320. The van der Waals surface area contributed by atoms with Crippen molar-refractivity contribution in [2.24, 2.45) is 0 Å². The molecule has 6 rings (SSSR count). The zero-order valence-electron chi connectivity index (χ0n) is 17.5. The molecule has 0 amide bonds. The number of aryl methyl sites for hydroxylation is 2. The number of ketones is 1. The van der Waals surface area contributed by atoms with Crippen LogP contribution in [-0.2, 0) is 12.8 Å². The molecule has 0 aliphatic heterocycles. The van der Waals surface area contributed by atoms with E-state index in [4.69, 9.17) is 0 Å². The van der Waals surface area contributed by atoms with Crippen LogP contribution >= 0.6 is 11.8 Å². The zero-order chi connectivity index (χ0) is 20.9. The molecule has 0 spiro atoms. The fourth-order valence-electron chi connectivity index (χ4n) is 4.63. The van der Waals surface area contributed by atoms with Crippen LogP contribution in [0.4, 0.5) is 0 Å². The molecule has 156 valence electrons. The number of para-hydroxylation sites is 1. The number of hydrogen-bond acceptors (Lipinski definition) is 4. The van der Waals surface area contributed by atoms with Crippen LogP contribution in [-0.4, -0.2) is 30.8 Å². The van der Waals surface area contributed by atoms with Crippen LogP contribution in [0.15, 0.2) is 53.8 Å². The summed E-state index contributed by atoms with van der Waals surface area (Å²) >= 11 is 1.53. The average molecular weight is 429 g/mol. The number of Topliss-reactive ketones (excluding diaryl/α,β-unsaturated/α-hetero) is 1. The summed E-state index contributed by atoms with van der Waals surface area (Å²) in [7, 11) is 0. The van der Waals surface area contributed by atoms with E-state index in [1.54, 1.807) is 0 Å². The topological polar surface area (TPSA) is 63.6 Å². The standard InChI is InChI=1S/C25H24N4OS/c1-15(23(30)18-10-9-16-5-4-6-17(16)13-18)31-25-28-27-24(29(25)19-11-12-19)21-14-26-22-8-3-2-7-20(21)22/h2-3,7-10,13-15,19,26H,4-6,11-12H2,1H3. The third kappa shape index (κ3) is 3.30. The van der Waals surface area contributed by atoms with Crippen molar-refractivity contribution in [1.82, 2.24) is 19.7 Å². The van der Waals surface area contributed by atoms with E-state index in [1.807, 2.05) is 31.3 Å². The van der Waals surface area contributed by atoms with Gasteiger partial charge in [0.05, 0.1) is 5.25 Å². The van der Waals surface area contributed by atoms with Gasteiger partial charge in [-0.05, 0) is 62.3 Å². The number of carbonyl (C=O) groups excluding carboxylic acids is 1. The highest BCUT2D eigenvalue weighted by Gasteiger charge is 2.32. The van der Waals surface area contributed by atoms with Gasteiger partial charge in [-0.25, -0.2) is 0 Å². The lowest BCUT2D eigenvalue weighted by molar-refractivity contribution is 0.0993. The molecule has 2 aromatic carbocycles. The van der Waals surface area contributed by atoms with Crippen molar-refractivity contribution in [3.05, 3.63) is 65.4 Å². The Labute approximate surface area is 185 Å². The molecule has 2 aliphatic rings. The first-order valence-electron chi connectivity index (χ1n) is 11.0. The molecule has 4 aromatic rings. The van der Waals surface area contributed by atoms with Crippen LogP contribution in [0.3, 0.4) is 0 Å². The summed E-state index contributed by atoms with van der Waals surface area (Å²) in [6.45, 7) is 1.98. The van der Waals surface area contributed by atoms with Crippen LogP contribution in [0, 0.1) is 0 Å². The molecule has 1 unspecified atom stereocenters. The minimum absolute atomic E-state index is 0.165. The number of carbonyl (C=O) groups is 1. The Bertz CT molecular complexity index is 1300. The van der Waals surface area contributed by atoms with Crippen molar-refractivity contribution in [1.29, 1.82) is 0 Å². The summed E-state index contributed by atoms with van der Waals surface area (Å²) in [5.74, 6) is 1.05. The lowest BCUT2D eigenvalue weighted by atomic mass is 10.0. The van der Waals surface area contributed by atoms with Crippen molar-refractivity contribution in [2.45, 2.75) is 55.5 Å². The Balaban J connectivity index is 1.31. The fraction of sp³-hybridized carbons (Fsp3) is 0.320. The zero-order valence-corrected chi connectivity index (χ0v) is 18.3. The van der Waals surface area contributed by atoms with Crippen molar-refractivity contribution in [2.75, 3.05) is 0 Å². The molecule has 1 atom stereocenters. The number of thioether (sulfide) groups is 1. The summed E-state index contributed by atoms with van der Waals surface area (Å²) in [6, 6.07) is 14.9. The first-order valence-corrected chi connectivity index (χ1v) is 11.9. The predicted octanol–water partition coefficient (Wildman–Crippen LogP) is 5.61. The highest BCUT2D eigenvalue weighted by atomic mass is 32.2. The van der Waals surface area contributed by atoms with E-state index in [9.17, 15) is 4.79 Å². The number of hydrogen-bond donors (Lipinski definition) is 1. The van der Waals surface area contributed by atoms with E-state index >= 15 is 0 Å². The SMILES string of the molecule is CC(Sc1nnc(-c2c[nH]c3ccccc23)n1C1CC1)C(=O)c1ccc2c(c1)CCC2. The first-order chi connectivity index (χ1) is 15.2. The molecule has 1 fully saturated rings. The van der Waals surface area contributed by atoms with Gasteiger partial charge in [0.1, 0.15) is 0 Å². The molecule has 1 saturated carbocycles. The highest BCUT2D eigenvalue weighted by Crippen LogP contribution is 2.43. The van der Waals surface area contributed by atoms with Gasteiger partial charge in [-0.2, -0.15) is 0 Å². The van der Waals surface area contributed by atoms with Gasteiger partial charge >= 0.3 is 0 Å². The van der Waals surface area contributed by atoms with Crippen LogP contribution in [0.2, 0.25) is 0 Å². The monoisotopic (exact) mass is 428 g/mol. The number of aromatic amines is 1. The molecule has 1 N–H and O–H groups in total. The van der Waals surface area contributed by atoms with Crippen LogP contribution in [0.1, 0.15) is 53.7 Å². The third-order valence-corrected chi connectivity index (χ3v) is 7.50. The van der Waals surface area contributed by atoms with Crippen LogP contribution in [0.5, 0.6) is 0 Å². The van der Waals surface area contributed by atoms with E-state index in [0.29, 0.717) is 6.04 Å². The smallest absolute Gasteiger partial charge is 0.192 e. The van der Waals surface area contributed by atoms with E-state index < -0.39 is 0 Å². The third-order valence-electron chi connectivity index (χ3n) is 6.44. The number of aromatic nitrogens is 4. The number of benzene rings is 2. The lowest BCUT2D eigenvalue weighted by Gasteiger charge is -2.13. The van der Waals surface area contributed by atoms with E-state index in [-0.39, 0.29) is 11.0 Å². The fourth-order valence-corrected chi connectivity index (χ4v) is 5.63. The number of fused-ring (bicyclic) bond motifs is 2. The Morgan fingerprint density at radius 2 is 1.97 bits per heavy atom. The minimum atomic E-state index is -0.211. The average Bonchev–Trinajstić information content (AvgIpc) is 3.20. The molecule has 0 saturated heterocycles. The normalized spacial score (nSPS) is 16.5.